The molecule has 0 aliphatic rings. The van der Waals surface area contributed by atoms with Crippen molar-refractivity contribution in [1.29, 1.82) is 0 Å². The molecule has 24 heavy (non-hydrogen) atoms. The highest BCUT2D eigenvalue weighted by atomic mass is 32.1. The van der Waals surface area contributed by atoms with E-state index in [1.54, 1.807) is 18.2 Å². The monoisotopic (exact) mass is 345 g/mol. The first-order chi connectivity index (χ1) is 11.5. The van der Waals surface area contributed by atoms with Crippen molar-refractivity contribution in [3.05, 3.63) is 57.8 Å². The highest BCUT2D eigenvalue weighted by molar-refractivity contribution is 7.10. The summed E-state index contributed by atoms with van der Waals surface area (Å²) < 4.78 is 0. The summed E-state index contributed by atoms with van der Waals surface area (Å²) >= 11 is 1.39. The largest absolute Gasteiger partial charge is 0.481 e. The molecule has 1 atom stereocenters. The van der Waals surface area contributed by atoms with Crippen LogP contribution >= 0.6 is 11.3 Å². The third-order valence-corrected chi connectivity index (χ3v) is 4.54. The van der Waals surface area contributed by atoms with Crippen LogP contribution < -0.4 is 5.32 Å². The van der Waals surface area contributed by atoms with Crippen LogP contribution in [0.4, 0.5) is 0 Å². The minimum absolute atomic E-state index is 0.0359. The lowest BCUT2D eigenvalue weighted by Gasteiger charge is -2.15. The fourth-order valence-corrected chi connectivity index (χ4v) is 3.04. The van der Waals surface area contributed by atoms with E-state index in [9.17, 15) is 14.4 Å². The molecule has 0 spiro atoms. The fraction of sp³-hybridized carbons (Fsp3) is 0.278. The number of carboxylic acid groups (broad SMARTS) is 1. The molecule has 2 N–H and O–H groups in total. The number of hydrogen-bond donors (Lipinski definition) is 2. The van der Waals surface area contributed by atoms with E-state index in [2.05, 4.69) is 5.32 Å². The molecule has 5 nitrogen and oxygen atoms in total. The van der Waals surface area contributed by atoms with Crippen LogP contribution in [0.5, 0.6) is 0 Å². The Labute approximate surface area is 144 Å². The topological polar surface area (TPSA) is 83.5 Å². The molecule has 0 radical (unpaired) electrons. The number of carboxylic acids is 1. The van der Waals surface area contributed by atoms with Crippen LogP contribution in [0, 0.1) is 6.92 Å². The first-order valence-corrected chi connectivity index (χ1v) is 8.48. The number of amides is 1. The summed E-state index contributed by atoms with van der Waals surface area (Å²) in [6, 6.07) is 10.2. The van der Waals surface area contributed by atoms with E-state index in [-0.39, 0.29) is 31.0 Å². The van der Waals surface area contributed by atoms with Gasteiger partial charge in [-0.05, 0) is 18.4 Å². The summed E-state index contributed by atoms with van der Waals surface area (Å²) in [6.45, 7) is 1.94. The predicted octanol–water partition coefficient (Wildman–Crippen LogP) is 3.35. The van der Waals surface area contributed by atoms with Crippen molar-refractivity contribution in [3.63, 3.8) is 0 Å². The fourth-order valence-electron chi connectivity index (χ4n) is 2.26. The van der Waals surface area contributed by atoms with E-state index in [4.69, 9.17) is 5.11 Å². The molecule has 0 aliphatic heterocycles. The molecule has 1 aromatic carbocycles. The molecule has 0 saturated heterocycles. The normalized spacial score (nSPS) is 11.7. The zero-order valence-corrected chi connectivity index (χ0v) is 14.1. The molecule has 2 rings (SSSR count). The Morgan fingerprint density at radius 1 is 1.12 bits per heavy atom. The quantitative estimate of drug-likeness (QED) is 0.719. The third-order valence-electron chi connectivity index (χ3n) is 3.55. The zero-order valence-electron chi connectivity index (χ0n) is 13.3. The Morgan fingerprint density at radius 2 is 1.83 bits per heavy atom. The summed E-state index contributed by atoms with van der Waals surface area (Å²) in [5.41, 5.74) is 1.64. The smallest absolute Gasteiger partial charge is 0.305 e. The van der Waals surface area contributed by atoms with E-state index < -0.39 is 12.0 Å². The maximum absolute atomic E-state index is 12.1. The Morgan fingerprint density at radius 3 is 2.42 bits per heavy atom. The first kappa shape index (κ1) is 17.9. The molecular formula is C18H19NO4S. The second kappa shape index (κ2) is 8.40. The number of ketones is 1. The van der Waals surface area contributed by atoms with Crippen molar-refractivity contribution in [2.75, 3.05) is 0 Å². The molecule has 1 heterocycles. The molecular weight excluding hydrogens is 326 g/mol. The molecule has 1 aromatic heterocycles. The number of Topliss-reactive ketones (excluding diaryl/α,β-unsaturated/α-hetero) is 1. The average molecular weight is 345 g/mol. The summed E-state index contributed by atoms with van der Waals surface area (Å²) in [6.07, 6.45) is -0.0501. The van der Waals surface area contributed by atoms with E-state index >= 15 is 0 Å². The van der Waals surface area contributed by atoms with Gasteiger partial charge in [0.05, 0.1) is 12.5 Å². The van der Waals surface area contributed by atoms with Crippen LogP contribution in [-0.2, 0) is 9.59 Å². The van der Waals surface area contributed by atoms with E-state index in [0.29, 0.717) is 5.56 Å². The molecule has 2 aromatic rings. The van der Waals surface area contributed by atoms with Gasteiger partial charge >= 0.3 is 5.97 Å². The van der Waals surface area contributed by atoms with Crippen LogP contribution in [0.15, 0.2) is 41.8 Å². The Hall–Kier alpha value is -2.47. The maximum Gasteiger partial charge on any atom is 0.305 e. The Kier molecular flexibility index (Phi) is 6.26. The molecule has 0 saturated carbocycles. The number of thiophene rings is 1. The van der Waals surface area contributed by atoms with Gasteiger partial charge in [-0.3, -0.25) is 14.4 Å². The third kappa shape index (κ3) is 5.31. The van der Waals surface area contributed by atoms with Gasteiger partial charge in [0.15, 0.2) is 5.78 Å². The van der Waals surface area contributed by atoms with Crippen LogP contribution in [0.3, 0.4) is 0 Å². The minimum atomic E-state index is -0.982. The van der Waals surface area contributed by atoms with Crippen LogP contribution in [0.2, 0.25) is 0 Å². The number of rotatable bonds is 8. The lowest BCUT2D eigenvalue weighted by Crippen LogP contribution is -2.29. The summed E-state index contributed by atoms with van der Waals surface area (Å²) in [7, 11) is 0. The van der Waals surface area contributed by atoms with Crippen molar-refractivity contribution < 1.29 is 19.5 Å². The Balaban J connectivity index is 1.90. The minimum Gasteiger partial charge on any atom is -0.481 e. The van der Waals surface area contributed by atoms with Gasteiger partial charge in [0.25, 0.3) is 0 Å². The first-order valence-electron chi connectivity index (χ1n) is 7.60. The summed E-state index contributed by atoms with van der Waals surface area (Å²) in [5.74, 6) is -1.41. The molecule has 126 valence electrons. The molecule has 0 unspecified atom stereocenters. The van der Waals surface area contributed by atoms with Gasteiger partial charge in [0.1, 0.15) is 0 Å². The van der Waals surface area contributed by atoms with E-state index in [1.807, 2.05) is 30.5 Å². The number of aliphatic carboxylic acids is 1. The van der Waals surface area contributed by atoms with Crippen LogP contribution in [0.25, 0.3) is 0 Å². The van der Waals surface area contributed by atoms with E-state index in [0.717, 1.165) is 10.4 Å². The second-order valence-corrected chi connectivity index (χ2v) is 6.50. The number of nitrogens with one attached hydrogen (secondary N) is 1. The SMILES string of the molecule is Cc1ccc(C(=O)CCC(=O)N[C@@H](CC(=O)O)c2cccs2)cc1. The lowest BCUT2D eigenvalue weighted by atomic mass is 10.0. The highest BCUT2D eigenvalue weighted by Crippen LogP contribution is 2.22. The highest BCUT2D eigenvalue weighted by Gasteiger charge is 2.19. The van der Waals surface area contributed by atoms with E-state index in [1.165, 1.54) is 11.3 Å². The standard InChI is InChI=1S/C18H19NO4S/c1-12-4-6-13(7-5-12)15(20)8-9-17(21)19-14(11-18(22)23)16-3-2-10-24-16/h2-7,10,14H,8-9,11H2,1H3,(H,19,21)(H,22,23)/t14-/m0/s1. The second-order valence-electron chi connectivity index (χ2n) is 5.52. The van der Waals surface area contributed by atoms with Crippen molar-refractivity contribution >= 4 is 29.0 Å². The van der Waals surface area contributed by atoms with Gasteiger partial charge in [-0.2, -0.15) is 0 Å². The average Bonchev–Trinajstić information content (AvgIpc) is 3.06. The van der Waals surface area contributed by atoms with Crippen molar-refractivity contribution in [2.24, 2.45) is 0 Å². The molecule has 6 heteroatoms. The number of aryl methyl sites for hydroxylation is 1. The predicted molar refractivity (Wildman–Crippen MR) is 92.2 cm³/mol. The maximum atomic E-state index is 12.1. The van der Waals surface area contributed by atoms with Crippen molar-refractivity contribution in [3.8, 4) is 0 Å². The molecule has 0 bridgehead atoms. The zero-order chi connectivity index (χ0) is 17.5. The van der Waals surface area contributed by atoms with Gasteiger partial charge in [0, 0.05) is 23.3 Å². The molecule has 0 fully saturated rings. The van der Waals surface area contributed by atoms with Crippen LogP contribution in [-0.4, -0.2) is 22.8 Å². The van der Waals surface area contributed by atoms with Gasteiger partial charge < -0.3 is 10.4 Å². The van der Waals surface area contributed by atoms with Gasteiger partial charge in [-0.1, -0.05) is 35.9 Å². The molecule has 1 amide bonds. The number of carbonyl (C=O) groups excluding carboxylic acids is 2. The van der Waals surface area contributed by atoms with Gasteiger partial charge in [-0.25, -0.2) is 0 Å². The number of carbonyl (C=O) groups is 3. The van der Waals surface area contributed by atoms with Crippen molar-refractivity contribution in [2.45, 2.75) is 32.2 Å². The summed E-state index contributed by atoms with van der Waals surface area (Å²) in [5, 5.41) is 13.5. The van der Waals surface area contributed by atoms with Gasteiger partial charge in [0.2, 0.25) is 5.91 Å². The number of benzene rings is 1. The Bertz CT molecular complexity index is 707. The number of hydrogen-bond acceptors (Lipinski definition) is 4. The molecule has 0 aliphatic carbocycles. The summed E-state index contributed by atoms with van der Waals surface area (Å²) in [4.78, 5) is 35.9. The van der Waals surface area contributed by atoms with Crippen molar-refractivity contribution in [1.82, 2.24) is 5.32 Å². The lowest BCUT2D eigenvalue weighted by molar-refractivity contribution is -0.137. The van der Waals surface area contributed by atoms with Gasteiger partial charge in [-0.15, -0.1) is 11.3 Å². The van der Waals surface area contributed by atoms with Crippen LogP contribution in [0.1, 0.15) is 46.1 Å².